The van der Waals surface area contributed by atoms with Crippen LogP contribution in [0.25, 0.3) is 0 Å². The summed E-state index contributed by atoms with van der Waals surface area (Å²) in [6.45, 7) is 0. The van der Waals surface area contributed by atoms with Crippen LogP contribution >= 0.6 is 31.9 Å². The third kappa shape index (κ3) is 6.92. The van der Waals surface area contributed by atoms with Crippen molar-refractivity contribution in [2.45, 2.75) is 14.9 Å². The van der Waals surface area contributed by atoms with Gasteiger partial charge in [0.05, 0.1) is 14.2 Å². The molecule has 0 amide bonds. The molecule has 0 spiro atoms. The fourth-order valence-electron chi connectivity index (χ4n) is 1.51. The molecule has 27 heavy (non-hydrogen) atoms. The number of aromatic hydroxyl groups is 2. The second-order valence-corrected chi connectivity index (χ2v) is 5.73. The summed E-state index contributed by atoms with van der Waals surface area (Å²) in [5.41, 5.74) is -0.493. The van der Waals surface area contributed by atoms with Crippen molar-refractivity contribution in [1.82, 2.24) is 9.97 Å². The van der Waals surface area contributed by atoms with E-state index in [-0.39, 0.29) is 37.8 Å². The zero-order valence-electron chi connectivity index (χ0n) is 12.8. The minimum atomic E-state index is -1.31. The van der Waals surface area contributed by atoms with Crippen molar-refractivity contribution in [1.29, 1.82) is 5.26 Å². The molecule has 2 heterocycles. The number of nitriles is 1. The number of carboxylic acids is 1. The van der Waals surface area contributed by atoms with Gasteiger partial charge in [0.15, 0.2) is 34.4 Å². The van der Waals surface area contributed by atoms with Gasteiger partial charge in [0, 0.05) is 12.1 Å². The zero-order valence-corrected chi connectivity index (χ0v) is 16.0. The fourth-order valence-corrected chi connectivity index (χ4v) is 2.28. The lowest BCUT2D eigenvalue weighted by Crippen LogP contribution is -2.02. The predicted octanol–water partition coefficient (Wildman–Crippen LogP) is 3.96. The molecule has 2 aromatic rings. The van der Waals surface area contributed by atoms with Crippen LogP contribution in [0, 0.1) is 11.3 Å². The molecular weight excluding hydrogens is 490 g/mol. The highest BCUT2D eigenvalue weighted by molar-refractivity contribution is 9.10. The number of hydrogen-bond acceptors (Lipinski definition) is 8. The van der Waals surface area contributed by atoms with Gasteiger partial charge in [0.25, 0.3) is 0 Å². The molecule has 0 aromatic carbocycles. The number of ether oxygens (including phenoxy) is 2. The number of methoxy groups -OCH3 is 2. The number of carbonyl (C=O) groups is 1. The van der Waals surface area contributed by atoms with Gasteiger partial charge in [-0.3, -0.25) is 0 Å². The van der Waals surface area contributed by atoms with Gasteiger partial charge >= 0.3 is 5.97 Å². The Morgan fingerprint density at radius 3 is 1.89 bits per heavy atom. The van der Waals surface area contributed by atoms with Crippen molar-refractivity contribution in [3.8, 4) is 29.1 Å². The number of pyridine rings is 2. The second-order valence-electron chi connectivity index (χ2n) is 4.11. The number of aromatic nitrogens is 2. The lowest BCUT2D eigenvalue weighted by molar-refractivity contribution is 0.0686. The third-order valence-electron chi connectivity index (χ3n) is 2.60. The maximum absolute atomic E-state index is 10.5. The lowest BCUT2D eigenvalue weighted by atomic mass is 10.3. The first kappa shape index (κ1) is 26.6. The Morgan fingerprint density at radius 1 is 1.04 bits per heavy atom. The van der Waals surface area contributed by atoms with E-state index in [1.165, 1.54) is 26.4 Å². The first-order chi connectivity index (χ1) is 11.7. The van der Waals surface area contributed by atoms with Crippen molar-refractivity contribution in [2.24, 2.45) is 0 Å². The average molecular weight is 509 g/mol. The molecule has 2 aromatic heterocycles. The van der Waals surface area contributed by atoms with E-state index in [4.69, 9.17) is 19.8 Å². The molecule has 0 unspecified atom stereocenters. The summed E-state index contributed by atoms with van der Waals surface area (Å²) >= 11 is 6.07. The lowest BCUT2D eigenvalue weighted by Gasteiger charge is -2.05. The second kappa shape index (κ2) is 11.9. The smallest absolute Gasteiger partial charge is 0.358 e. The first-order valence-electron chi connectivity index (χ1n) is 6.25. The molecule has 148 valence electrons. The number of hydrogen-bond donors (Lipinski definition) is 3. The number of nitrogens with zero attached hydrogens (tertiary/aromatic N) is 3. The molecule has 0 saturated heterocycles. The molecule has 0 bridgehead atoms. The normalized spacial score (nSPS) is 8.70. The van der Waals surface area contributed by atoms with E-state index in [1.54, 1.807) is 6.07 Å². The molecule has 2 rings (SSSR count). The van der Waals surface area contributed by atoms with Gasteiger partial charge in [-0.15, -0.1) is 0 Å². The minimum Gasteiger partial charge on any atom is -0.503 e. The van der Waals surface area contributed by atoms with Crippen LogP contribution in [0.15, 0.2) is 21.3 Å². The maximum Gasteiger partial charge on any atom is 0.358 e. The van der Waals surface area contributed by atoms with Crippen molar-refractivity contribution in [3.05, 3.63) is 32.7 Å². The molecule has 3 N–H and O–H groups in total. The first-order valence-corrected chi connectivity index (χ1v) is 7.84. The molecular formula is C16H19Br2N3O6. The topological polar surface area (TPSA) is 146 Å². The summed E-state index contributed by atoms with van der Waals surface area (Å²) in [6, 6.07) is 4.60. The highest BCUT2D eigenvalue weighted by Crippen LogP contribution is 2.31. The number of carboxylic acid groups (broad SMARTS) is 1. The average Bonchev–Trinajstić information content (AvgIpc) is 2.58. The highest BCUT2D eigenvalue weighted by Gasteiger charge is 2.17. The van der Waals surface area contributed by atoms with Crippen LogP contribution < -0.4 is 9.47 Å². The fraction of sp³-hybridized carbons (Fsp3) is 0.250. The van der Waals surface area contributed by atoms with Crippen LogP contribution in [0.1, 0.15) is 31.0 Å². The van der Waals surface area contributed by atoms with Crippen LogP contribution in [0.2, 0.25) is 0 Å². The van der Waals surface area contributed by atoms with Crippen molar-refractivity contribution in [3.63, 3.8) is 0 Å². The quantitative estimate of drug-likeness (QED) is 0.524. The van der Waals surface area contributed by atoms with Crippen molar-refractivity contribution in [2.75, 3.05) is 14.2 Å². The summed E-state index contributed by atoms with van der Waals surface area (Å²) in [5, 5.41) is 35.7. The third-order valence-corrected chi connectivity index (χ3v) is 3.41. The number of halogens is 2. The van der Waals surface area contributed by atoms with Gasteiger partial charge in [0.2, 0.25) is 0 Å². The minimum absolute atomic E-state index is 0. The number of aromatic carboxylic acids is 1. The summed E-state index contributed by atoms with van der Waals surface area (Å²) in [6.07, 6.45) is 0. The van der Waals surface area contributed by atoms with Crippen LogP contribution in [0.3, 0.4) is 0 Å². The van der Waals surface area contributed by atoms with Gasteiger partial charge in [-0.2, -0.15) is 5.26 Å². The summed E-state index contributed by atoms with van der Waals surface area (Å²) in [4.78, 5) is 17.8. The van der Waals surface area contributed by atoms with Gasteiger partial charge in [-0.1, -0.05) is 14.9 Å². The van der Waals surface area contributed by atoms with E-state index >= 15 is 0 Å². The molecule has 0 atom stereocenters. The Hall–Kier alpha value is -2.58. The standard InChI is InChI=1S/C7H5BrN2O2.C7H6BrNO4.2CH4/c1-12-5-2-6(8)10-4(3-9)7(5)11;1-13-3-2-4(8)9-5(6(3)10)7(11)12;;/h2,11H,1H3;2,10H,1H3,(H,11,12);2*1H4. The van der Waals surface area contributed by atoms with Crippen molar-refractivity contribution < 1.29 is 29.6 Å². The van der Waals surface area contributed by atoms with Crippen LogP contribution in [-0.2, 0) is 0 Å². The Bertz CT molecular complexity index is 840. The van der Waals surface area contributed by atoms with Gasteiger partial charge in [-0.25, -0.2) is 14.8 Å². The van der Waals surface area contributed by atoms with E-state index in [1.807, 2.05) is 0 Å². The SMILES string of the molecule is C.C.COc1cc(Br)nc(C#N)c1O.COc1cc(Br)nc(C(=O)O)c1O. The molecule has 0 fully saturated rings. The van der Waals surface area contributed by atoms with Gasteiger partial charge in [0.1, 0.15) is 15.3 Å². The van der Waals surface area contributed by atoms with E-state index in [0.29, 0.717) is 9.21 Å². The van der Waals surface area contributed by atoms with E-state index in [2.05, 4.69) is 41.8 Å². The Labute approximate surface area is 173 Å². The van der Waals surface area contributed by atoms with Crippen molar-refractivity contribution >= 4 is 37.8 Å². The van der Waals surface area contributed by atoms with Gasteiger partial charge < -0.3 is 24.8 Å². The van der Waals surface area contributed by atoms with Crippen LogP contribution in [0.4, 0.5) is 0 Å². The summed E-state index contributed by atoms with van der Waals surface area (Å²) in [5.74, 6) is -1.72. The van der Waals surface area contributed by atoms with Crippen LogP contribution in [-0.4, -0.2) is 45.5 Å². The molecule has 0 saturated carbocycles. The van der Waals surface area contributed by atoms with E-state index in [0.717, 1.165) is 0 Å². The van der Waals surface area contributed by atoms with Crippen LogP contribution in [0.5, 0.6) is 23.0 Å². The number of rotatable bonds is 3. The largest absolute Gasteiger partial charge is 0.503 e. The zero-order chi connectivity index (χ0) is 19.1. The molecule has 9 nitrogen and oxygen atoms in total. The molecule has 0 aliphatic rings. The van der Waals surface area contributed by atoms with E-state index in [9.17, 15) is 15.0 Å². The molecule has 11 heteroatoms. The highest BCUT2D eigenvalue weighted by atomic mass is 79.9. The summed E-state index contributed by atoms with van der Waals surface area (Å²) < 4.78 is 10.3. The van der Waals surface area contributed by atoms with E-state index < -0.39 is 17.4 Å². The monoisotopic (exact) mass is 507 g/mol. The molecule has 0 radical (unpaired) electrons. The maximum atomic E-state index is 10.5. The Kier molecular flexibility index (Phi) is 11.8. The summed E-state index contributed by atoms with van der Waals surface area (Å²) in [7, 11) is 2.73. The van der Waals surface area contributed by atoms with Gasteiger partial charge in [-0.05, 0) is 31.9 Å². The Morgan fingerprint density at radius 2 is 1.48 bits per heavy atom. The predicted molar refractivity (Wildman–Crippen MR) is 105 cm³/mol. The molecule has 0 aliphatic heterocycles. The Balaban J connectivity index is 0. The molecule has 0 aliphatic carbocycles.